The van der Waals surface area contributed by atoms with Crippen molar-refractivity contribution in [2.24, 2.45) is 5.92 Å². The van der Waals surface area contributed by atoms with Crippen LogP contribution >= 0.6 is 11.8 Å². The smallest absolute Gasteiger partial charge is 0.359 e. The summed E-state index contributed by atoms with van der Waals surface area (Å²) in [6.07, 6.45) is 8.42. The highest BCUT2D eigenvalue weighted by Crippen LogP contribution is 2.23. The number of hydrogen-bond acceptors (Lipinski definition) is 6. The van der Waals surface area contributed by atoms with E-state index in [0.29, 0.717) is 10.7 Å². The van der Waals surface area contributed by atoms with Crippen molar-refractivity contribution >= 4 is 35.1 Å². The molecule has 0 saturated heterocycles. The third-order valence-electron chi connectivity index (χ3n) is 4.46. The van der Waals surface area contributed by atoms with Crippen molar-refractivity contribution in [3.8, 4) is 0 Å². The van der Waals surface area contributed by atoms with E-state index >= 15 is 0 Å². The van der Waals surface area contributed by atoms with Gasteiger partial charge in [0.15, 0.2) is 17.5 Å². The Labute approximate surface area is 155 Å². The van der Waals surface area contributed by atoms with Gasteiger partial charge in [0, 0.05) is 12.1 Å². The van der Waals surface area contributed by atoms with Crippen molar-refractivity contribution in [2.75, 3.05) is 12.9 Å². The Morgan fingerprint density at radius 3 is 2.77 bits per heavy atom. The zero-order valence-corrected chi connectivity index (χ0v) is 15.4. The highest BCUT2D eigenvalue weighted by molar-refractivity contribution is 7.98. The summed E-state index contributed by atoms with van der Waals surface area (Å²) in [7, 11) is 0. The van der Waals surface area contributed by atoms with Crippen LogP contribution in [0.1, 0.15) is 42.6 Å². The number of amides is 2. The van der Waals surface area contributed by atoms with Gasteiger partial charge in [-0.2, -0.15) is 0 Å². The molecule has 138 valence electrons. The summed E-state index contributed by atoms with van der Waals surface area (Å²) < 4.78 is 6.84. The number of ether oxygens (including phenoxy) is 1. The predicted molar refractivity (Wildman–Crippen MR) is 97.0 cm³/mol. The van der Waals surface area contributed by atoms with E-state index in [1.165, 1.54) is 11.8 Å². The molecular weight excluding hydrogens is 354 g/mol. The third-order valence-corrected chi connectivity index (χ3v) is 5.12. The van der Waals surface area contributed by atoms with E-state index in [-0.39, 0.29) is 17.5 Å². The van der Waals surface area contributed by atoms with Crippen molar-refractivity contribution in [3.05, 3.63) is 30.1 Å². The van der Waals surface area contributed by atoms with Crippen LogP contribution in [0.2, 0.25) is 0 Å². The number of nitrogens with zero attached hydrogens (tertiary/aromatic N) is 2. The number of thioether (sulfide) groups is 1. The number of carbonyl (C=O) groups is 3. The van der Waals surface area contributed by atoms with Gasteiger partial charge < -0.3 is 4.74 Å². The summed E-state index contributed by atoms with van der Waals surface area (Å²) in [4.78, 5) is 40.5. The Hall–Kier alpha value is -2.35. The standard InChI is InChI=1S/C18H21N3O4S/c1-26-18-20-15(13-9-5-6-10-21(13)18)17(24)25-11-14(22)19-16(23)12-7-3-2-4-8-12/h5-6,9-10,12H,2-4,7-8,11H2,1H3,(H,19,22,23). The molecule has 1 fully saturated rings. The van der Waals surface area contributed by atoms with Crippen LogP contribution in [0.25, 0.3) is 5.52 Å². The molecule has 26 heavy (non-hydrogen) atoms. The second-order valence-corrected chi connectivity index (χ2v) is 7.00. The van der Waals surface area contributed by atoms with Crippen LogP contribution < -0.4 is 5.32 Å². The molecule has 1 aliphatic carbocycles. The first-order valence-corrected chi connectivity index (χ1v) is 9.84. The number of nitrogens with one attached hydrogen (secondary N) is 1. The molecule has 0 aliphatic heterocycles. The molecule has 0 aromatic carbocycles. The molecule has 0 unspecified atom stereocenters. The zero-order valence-electron chi connectivity index (χ0n) is 14.6. The van der Waals surface area contributed by atoms with E-state index in [1.807, 2.05) is 12.3 Å². The molecule has 0 bridgehead atoms. The summed E-state index contributed by atoms with van der Waals surface area (Å²) in [5.41, 5.74) is 0.766. The average molecular weight is 375 g/mol. The Balaban J connectivity index is 1.58. The van der Waals surface area contributed by atoms with E-state index < -0.39 is 18.5 Å². The lowest BCUT2D eigenvalue weighted by atomic mass is 9.89. The summed E-state index contributed by atoms with van der Waals surface area (Å²) in [5, 5.41) is 2.98. The topological polar surface area (TPSA) is 89.8 Å². The zero-order chi connectivity index (χ0) is 18.5. The minimum atomic E-state index is -0.686. The molecule has 3 rings (SSSR count). The first-order valence-electron chi connectivity index (χ1n) is 8.62. The lowest BCUT2D eigenvalue weighted by molar-refractivity contribution is -0.135. The van der Waals surface area contributed by atoms with Gasteiger partial charge in [-0.25, -0.2) is 9.78 Å². The minimum Gasteiger partial charge on any atom is -0.451 e. The lowest BCUT2D eigenvalue weighted by Gasteiger charge is -2.20. The fourth-order valence-corrected chi connectivity index (χ4v) is 3.68. The first-order chi connectivity index (χ1) is 12.6. The minimum absolute atomic E-state index is 0.121. The molecule has 2 aromatic heterocycles. The summed E-state index contributed by atoms with van der Waals surface area (Å²) in [6.45, 7) is -0.502. The number of carbonyl (C=O) groups excluding carboxylic acids is 3. The number of esters is 1. The van der Waals surface area contributed by atoms with Gasteiger partial charge in [0.2, 0.25) is 5.91 Å². The molecule has 2 amide bonds. The van der Waals surface area contributed by atoms with Gasteiger partial charge in [0.1, 0.15) is 0 Å². The van der Waals surface area contributed by atoms with E-state index in [0.717, 1.165) is 32.1 Å². The van der Waals surface area contributed by atoms with Crippen LogP contribution in [0.5, 0.6) is 0 Å². The highest BCUT2D eigenvalue weighted by atomic mass is 32.2. The van der Waals surface area contributed by atoms with Crippen molar-refractivity contribution in [1.82, 2.24) is 14.7 Å². The maximum atomic E-state index is 12.3. The van der Waals surface area contributed by atoms with Crippen LogP contribution in [-0.4, -0.2) is 40.0 Å². The van der Waals surface area contributed by atoms with Crippen LogP contribution in [0.3, 0.4) is 0 Å². The number of imidazole rings is 1. The Kier molecular flexibility index (Phi) is 5.92. The normalized spacial score (nSPS) is 15.0. The van der Waals surface area contributed by atoms with Crippen molar-refractivity contribution in [2.45, 2.75) is 37.3 Å². The number of imide groups is 1. The monoisotopic (exact) mass is 375 g/mol. The Morgan fingerprint density at radius 2 is 2.04 bits per heavy atom. The number of hydrogen-bond donors (Lipinski definition) is 1. The molecule has 1 N–H and O–H groups in total. The number of rotatable bonds is 5. The molecule has 0 spiro atoms. The maximum Gasteiger partial charge on any atom is 0.359 e. The largest absolute Gasteiger partial charge is 0.451 e. The van der Waals surface area contributed by atoms with E-state index in [9.17, 15) is 14.4 Å². The van der Waals surface area contributed by atoms with E-state index in [4.69, 9.17) is 4.74 Å². The van der Waals surface area contributed by atoms with Gasteiger partial charge in [-0.05, 0) is 31.2 Å². The van der Waals surface area contributed by atoms with Crippen LogP contribution in [0, 0.1) is 5.92 Å². The molecular formula is C18H21N3O4S. The highest BCUT2D eigenvalue weighted by Gasteiger charge is 2.24. The Bertz CT molecular complexity index is 827. The van der Waals surface area contributed by atoms with Crippen molar-refractivity contribution < 1.29 is 19.1 Å². The molecule has 0 radical (unpaired) electrons. The Morgan fingerprint density at radius 1 is 1.27 bits per heavy atom. The predicted octanol–water partition coefficient (Wildman–Crippen LogP) is 2.44. The number of aromatic nitrogens is 2. The fourth-order valence-electron chi connectivity index (χ4n) is 3.14. The third kappa shape index (κ3) is 4.07. The lowest BCUT2D eigenvalue weighted by Crippen LogP contribution is -2.38. The summed E-state index contributed by atoms with van der Waals surface area (Å²) >= 11 is 1.41. The second kappa shape index (κ2) is 8.35. The van der Waals surface area contributed by atoms with Crippen LogP contribution in [0.4, 0.5) is 0 Å². The van der Waals surface area contributed by atoms with Gasteiger partial charge in [0.25, 0.3) is 5.91 Å². The van der Waals surface area contributed by atoms with E-state index in [1.54, 1.807) is 22.7 Å². The molecule has 2 heterocycles. The quantitative estimate of drug-likeness (QED) is 0.638. The molecule has 2 aromatic rings. The SMILES string of the molecule is CSc1nc(C(=O)OCC(=O)NC(=O)C2CCCCC2)c2ccccn12. The average Bonchev–Trinajstić information content (AvgIpc) is 3.06. The molecule has 0 atom stereocenters. The number of fused-ring (bicyclic) bond motifs is 1. The van der Waals surface area contributed by atoms with Gasteiger partial charge in [-0.3, -0.25) is 19.3 Å². The van der Waals surface area contributed by atoms with Crippen molar-refractivity contribution in [3.63, 3.8) is 0 Å². The number of pyridine rings is 1. The second-order valence-electron chi connectivity index (χ2n) is 6.23. The molecule has 8 heteroatoms. The van der Waals surface area contributed by atoms with Gasteiger partial charge >= 0.3 is 5.97 Å². The maximum absolute atomic E-state index is 12.3. The van der Waals surface area contributed by atoms with Crippen molar-refractivity contribution in [1.29, 1.82) is 0 Å². The van der Waals surface area contributed by atoms with Gasteiger partial charge in [-0.15, -0.1) is 0 Å². The first kappa shape index (κ1) is 18.4. The molecule has 1 aliphatic rings. The molecule has 1 saturated carbocycles. The van der Waals surface area contributed by atoms with Gasteiger partial charge in [0.05, 0.1) is 5.52 Å². The molecule has 7 nitrogen and oxygen atoms in total. The fraction of sp³-hybridized carbons (Fsp3) is 0.444. The van der Waals surface area contributed by atoms with Gasteiger partial charge in [-0.1, -0.05) is 37.1 Å². The van der Waals surface area contributed by atoms with E-state index in [2.05, 4.69) is 10.3 Å². The summed E-state index contributed by atoms with van der Waals surface area (Å²) in [6, 6.07) is 5.40. The van der Waals surface area contributed by atoms with Crippen LogP contribution in [-0.2, 0) is 14.3 Å². The van der Waals surface area contributed by atoms with Crippen LogP contribution in [0.15, 0.2) is 29.6 Å². The summed E-state index contributed by atoms with van der Waals surface area (Å²) in [5.74, 6) is -1.69.